The van der Waals surface area contributed by atoms with E-state index in [0.717, 1.165) is 5.56 Å². The van der Waals surface area contributed by atoms with Crippen LogP contribution in [0.4, 0.5) is 0 Å². The summed E-state index contributed by atoms with van der Waals surface area (Å²) < 4.78 is 5.03. The molecule has 0 unspecified atom stereocenters. The summed E-state index contributed by atoms with van der Waals surface area (Å²) in [5, 5.41) is 2.79. The van der Waals surface area contributed by atoms with Crippen molar-refractivity contribution in [3.05, 3.63) is 35.4 Å². The summed E-state index contributed by atoms with van der Waals surface area (Å²) in [6.07, 6.45) is 1.54. The van der Waals surface area contributed by atoms with E-state index in [9.17, 15) is 14.4 Å². The molecule has 0 saturated carbocycles. The number of likely N-dealkylation sites (tertiary alicyclic amines) is 1. The van der Waals surface area contributed by atoms with Gasteiger partial charge < -0.3 is 15.0 Å². The molecule has 0 aromatic heterocycles. The van der Waals surface area contributed by atoms with Crippen LogP contribution in [0.1, 0.15) is 42.1 Å². The van der Waals surface area contributed by atoms with Crippen molar-refractivity contribution in [1.82, 2.24) is 10.2 Å². The van der Waals surface area contributed by atoms with Crippen molar-refractivity contribution in [3.8, 4) is 0 Å². The zero-order valence-electron chi connectivity index (χ0n) is 14.9. The van der Waals surface area contributed by atoms with Crippen LogP contribution in [0.3, 0.4) is 0 Å². The van der Waals surface area contributed by atoms with Crippen molar-refractivity contribution >= 4 is 17.8 Å². The molecule has 6 heteroatoms. The summed E-state index contributed by atoms with van der Waals surface area (Å²) in [6.45, 7) is 5.50. The average molecular weight is 346 g/mol. The Kier molecular flexibility index (Phi) is 6.98. The lowest BCUT2D eigenvalue weighted by Gasteiger charge is -2.31. The number of aryl methyl sites for hydroxylation is 1. The van der Waals surface area contributed by atoms with Crippen molar-refractivity contribution < 1.29 is 19.1 Å². The van der Waals surface area contributed by atoms with E-state index in [1.165, 1.54) is 0 Å². The lowest BCUT2D eigenvalue weighted by molar-refractivity contribution is -0.151. The number of esters is 1. The van der Waals surface area contributed by atoms with Crippen molar-refractivity contribution in [2.45, 2.75) is 33.1 Å². The van der Waals surface area contributed by atoms with Gasteiger partial charge in [-0.25, -0.2) is 0 Å². The summed E-state index contributed by atoms with van der Waals surface area (Å²) in [7, 11) is 0. The van der Waals surface area contributed by atoms with Crippen molar-refractivity contribution in [3.63, 3.8) is 0 Å². The zero-order chi connectivity index (χ0) is 18.2. The Labute approximate surface area is 148 Å². The summed E-state index contributed by atoms with van der Waals surface area (Å²) in [6, 6.07) is 7.36. The number of benzene rings is 1. The third-order valence-corrected chi connectivity index (χ3v) is 4.48. The number of ether oxygens (including phenoxy) is 1. The predicted octanol–water partition coefficient (Wildman–Crippen LogP) is 1.92. The van der Waals surface area contributed by atoms with E-state index < -0.39 is 0 Å². The number of nitrogens with zero attached hydrogens (tertiary/aromatic N) is 1. The Hall–Kier alpha value is -2.37. The maximum Gasteiger partial charge on any atom is 0.309 e. The molecule has 1 aliphatic heterocycles. The quantitative estimate of drug-likeness (QED) is 0.799. The van der Waals surface area contributed by atoms with Crippen molar-refractivity contribution in [2.75, 3.05) is 26.2 Å². The third-order valence-electron chi connectivity index (χ3n) is 4.48. The summed E-state index contributed by atoms with van der Waals surface area (Å²) in [5.74, 6) is -0.427. The van der Waals surface area contributed by atoms with E-state index in [-0.39, 0.29) is 30.1 Å². The van der Waals surface area contributed by atoms with Crippen LogP contribution in [-0.4, -0.2) is 48.9 Å². The molecular weight excluding hydrogens is 320 g/mol. The van der Waals surface area contributed by atoms with Gasteiger partial charge in [0.05, 0.1) is 12.5 Å². The Morgan fingerprint density at radius 3 is 2.52 bits per heavy atom. The number of carbonyl (C=O) groups excluding carboxylic acids is 3. The molecule has 25 heavy (non-hydrogen) atoms. The van der Waals surface area contributed by atoms with Gasteiger partial charge in [0.2, 0.25) is 5.91 Å². The molecule has 1 N–H and O–H groups in total. The molecule has 1 aromatic carbocycles. The largest absolute Gasteiger partial charge is 0.466 e. The van der Waals surface area contributed by atoms with Gasteiger partial charge in [0, 0.05) is 31.6 Å². The third kappa shape index (κ3) is 5.31. The standard InChI is InChI=1S/C19H26N2O4/c1-3-25-19(24)15-9-12-21(13-10-15)17(22)8-11-20-18(23)16-7-5-4-6-14(16)2/h4-7,15H,3,8-13H2,1-2H3,(H,20,23). The van der Waals surface area contributed by atoms with Crippen LogP contribution in [0.25, 0.3) is 0 Å². The molecular formula is C19H26N2O4. The van der Waals surface area contributed by atoms with E-state index in [1.807, 2.05) is 25.1 Å². The second-order valence-electron chi connectivity index (χ2n) is 6.23. The van der Waals surface area contributed by atoms with Crippen molar-refractivity contribution in [1.29, 1.82) is 0 Å². The highest BCUT2D eigenvalue weighted by atomic mass is 16.5. The molecule has 0 radical (unpaired) electrons. The van der Waals surface area contributed by atoms with Crippen LogP contribution in [0.15, 0.2) is 24.3 Å². The van der Waals surface area contributed by atoms with E-state index >= 15 is 0 Å². The van der Waals surface area contributed by atoms with Gasteiger partial charge >= 0.3 is 5.97 Å². The topological polar surface area (TPSA) is 75.7 Å². The van der Waals surface area contributed by atoms with Crippen LogP contribution in [-0.2, 0) is 14.3 Å². The van der Waals surface area contributed by atoms with E-state index in [4.69, 9.17) is 4.74 Å². The maximum absolute atomic E-state index is 12.2. The molecule has 0 atom stereocenters. The summed E-state index contributed by atoms with van der Waals surface area (Å²) in [4.78, 5) is 37.8. The first-order chi connectivity index (χ1) is 12.0. The molecule has 2 rings (SSSR count). The number of hydrogen-bond acceptors (Lipinski definition) is 4. The Morgan fingerprint density at radius 2 is 1.88 bits per heavy atom. The Morgan fingerprint density at radius 1 is 1.20 bits per heavy atom. The molecule has 1 aromatic rings. The van der Waals surface area contributed by atoms with Crippen LogP contribution in [0.2, 0.25) is 0 Å². The van der Waals surface area contributed by atoms with Gasteiger partial charge in [0.25, 0.3) is 5.91 Å². The first-order valence-corrected chi connectivity index (χ1v) is 8.81. The van der Waals surface area contributed by atoms with Crippen LogP contribution in [0, 0.1) is 12.8 Å². The van der Waals surface area contributed by atoms with E-state index in [0.29, 0.717) is 44.6 Å². The molecule has 1 aliphatic rings. The molecule has 1 fully saturated rings. The maximum atomic E-state index is 12.2. The summed E-state index contributed by atoms with van der Waals surface area (Å²) in [5.41, 5.74) is 1.54. The lowest BCUT2D eigenvalue weighted by atomic mass is 9.97. The Bertz CT molecular complexity index is 622. The lowest BCUT2D eigenvalue weighted by Crippen LogP contribution is -2.41. The SMILES string of the molecule is CCOC(=O)C1CCN(C(=O)CCNC(=O)c2ccccc2C)CC1. The molecule has 0 spiro atoms. The molecule has 6 nitrogen and oxygen atoms in total. The fourth-order valence-electron chi connectivity index (χ4n) is 2.99. The number of piperidine rings is 1. The molecule has 0 bridgehead atoms. The molecule has 2 amide bonds. The van der Waals surface area contributed by atoms with Crippen LogP contribution in [0.5, 0.6) is 0 Å². The monoisotopic (exact) mass is 346 g/mol. The molecule has 1 saturated heterocycles. The Balaban J connectivity index is 1.72. The molecule has 136 valence electrons. The number of amides is 2. The fraction of sp³-hybridized carbons (Fsp3) is 0.526. The minimum absolute atomic E-state index is 0.00684. The van der Waals surface area contributed by atoms with Crippen LogP contribution >= 0.6 is 0 Å². The first-order valence-electron chi connectivity index (χ1n) is 8.81. The van der Waals surface area contributed by atoms with Gasteiger partial charge in [0.15, 0.2) is 0 Å². The number of nitrogens with one attached hydrogen (secondary N) is 1. The fourth-order valence-corrected chi connectivity index (χ4v) is 2.99. The minimum atomic E-state index is -0.167. The van der Waals surface area contributed by atoms with Gasteiger partial charge in [-0.2, -0.15) is 0 Å². The van der Waals surface area contributed by atoms with Gasteiger partial charge in [-0.15, -0.1) is 0 Å². The molecule has 1 heterocycles. The number of rotatable bonds is 6. The summed E-state index contributed by atoms with van der Waals surface area (Å²) >= 11 is 0. The number of carbonyl (C=O) groups is 3. The van der Waals surface area contributed by atoms with Crippen LogP contribution < -0.4 is 5.32 Å². The van der Waals surface area contributed by atoms with E-state index in [2.05, 4.69) is 5.32 Å². The predicted molar refractivity (Wildman–Crippen MR) is 94.1 cm³/mol. The smallest absolute Gasteiger partial charge is 0.309 e. The van der Waals surface area contributed by atoms with Gasteiger partial charge in [-0.3, -0.25) is 14.4 Å². The molecule has 0 aliphatic carbocycles. The van der Waals surface area contributed by atoms with Gasteiger partial charge in [0.1, 0.15) is 0 Å². The second kappa shape index (κ2) is 9.20. The highest BCUT2D eigenvalue weighted by Gasteiger charge is 2.27. The average Bonchev–Trinajstić information content (AvgIpc) is 2.62. The first kappa shape index (κ1) is 19.0. The van der Waals surface area contributed by atoms with E-state index in [1.54, 1.807) is 17.9 Å². The van der Waals surface area contributed by atoms with Gasteiger partial charge in [-0.1, -0.05) is 18.2 Å². The minimum Gasteiger partial charge on any atom is -0.466 e. The number of hydrogen-bond donors (Lipinski definition) is 1. The highest BCUT2D eigenvalue weighted by Crippen LogP contribution is 2.19. The van der Waals surface area contributed by atoms with Gasteiger partial charge in [-0.05, 0) is 38.3 Å². The normalized spacial score (nSPS) is 14.9. The second-order valence-corrected chi connectivity index (χ2v) is 6.23. The zero-order valence-corrected chi connectivity index (χ0v) is 14.9. The van der Waals surface area contributed by atoms with Crippen molar-refractivity contribution in [2.24, 2.45) is 5.92 Å². The highest BCUT2D eigenvalue weighted by molar-refractivity contribution is 5.95.